The minimum absolute atomic E-state index is 0.0320. The van der Waals surface area contributed by atoms with Crippen LogP contribution in [0.3, 0.4) is 0 Å². The Morgan fingerprint density at radius 1 is 1.11 bits per heavy atom. The Morgan fingerprint density at radius 2 is 1.56 bits per heavy atom. The normalized spacial score (nSPS) is 11.3. The van der Waals surface area contributed by atoms with E-state index in [-0.39, 0.29) is 12.3 Å². The predicted molar refractivity (Wildman–Crippen MR) is 66.4 cm³/mol. The van der Waals surface area contributed by atoms with Crippen LogP contribution in [-0.4, -0.2) is 62.4 Å². The van der Waals surface area contributed by atoms with E-state index in [0.29, 0.717) is 26.3 Å². The average molecular weight is 261 g/mol. The number of ether oxygens (including phenoxy) is 2. The van der Waals surface area contributed by atoms with Crippen molar-refractivity contribution >= 4 is 11.9 Å². The largest absolute Gasteiger partial charge is 0.481 e. The Labute approximate surface area is 108 Å². The lowest BCUT2D eigenvalue weighted by atomic mass is 9.89. The van der Waals surface area contributed by atoms with Gasteiger partial charge in [0, 0.05) is 33.7 Å². The van der Waals surface area contributed by atoms with Crippen molar-refractivity contribution in [3.05, 3.63) is 0 Å². The number of carbonyl (C=O) groups excluding carboxylic acids is 1. The highest BCUT2D eigenvalue weighted by atomic mass is 16.5. The second-order valence-electron chi connectivity index (χ2n) is 4.73. The van der Waals surface area contributed by atoms with Gasteiger partial charge >= 0.3 is 5.97 Å². The molecule has 0 aromatic carbocycles. The number of carbonyl (C=O) groups is 2. The van der Waals surface area contributed by atoms with Gasteiger partial charge in [0.05, 0.1) is 18.6 Å². The van der Waals surface area contributed by atoms with E-state index in [1.165, 1.54) is 13.8 Å². The van der Waals surface area contributed by atoms with Crippen molar-refractivity contribution in [3.8, 4) is 0 Å². The number of hydrogen-bond donors (Lipinski definition) is 1. The van der Waals surface area contributed by atoms with Gasteiger partial charge in [0.2, 0.25) is 5.91 Å². The summed E-state index contributed by atoms with van der Waals surface area (Å²) in [5, 5.41) is 9.00. The van der Waals surface area contributed by atoms with Gasteiger partial charge in [-0.1, -0.05) is 0 Å². The molecule has 18 heavy (non-hydrogen) atoms. The standard InChI is InChI=1S/C12H23NO5/c1-12(2,11(15)16)9-10(14)13(5-7-17-3)6-8-18-4/h5-9H2,1-4H3,(H,15,16). The molecule has 1 amide bonds. The van der Waals surface area contributed by atoms with Crippen LogP contribution in [0.4, 0.5) is 0 Å². The Morgan fingerprint density at radius 3 is 1.89 bits per heavy atom. The lowest BCUT2D eigenvalue weighted by Crippen LogP contribution is -2.40. The van der Waals surface area contributed by atoms with Crippen molar-refractivity contribution in [1.29, 1.82) is 0 Å². The Balaban J connectivity index is 4.49. The number of rotatable bonds is 9. The molecule has 6 heteroatoms. The van der Waals surface area contributed by atoms with E-state index in [2.05, 4.69) is 0 Å². The van der Waals surface area contributed by atoms with Crippen LogP contribution in [0.25, 0.3) is 0 Å². The first-order chi connectivity index (χ1) is 8.35. The highest BCUT2D eigenvalue weighted by Crippen LogP contribution is 2.21. The fourth-order valence-corrected chi connectivity index (χ4v) is 1.33. The molecule has 6 nitrogen and oxygen atoms in total. The van der Waals surface area contributed by atoms with Crippen LogP contribution in [-0.2, 0) is 19.1 Å². The van der Waals surface area contributed by atoms with E-state index in [4.69, 9.17) is 14.6 Å². The maximum Gasteiger partial charge on any atom is 0.309 e. The van der Waals surface area contributed by atoms with Crippen molar-refractivity contribution in [2.45, 2.75) is 20.3 Å². The fourth-order valence-electron chi connectivity index (χ4n) is 1.33. The van der Waals surface area contributed by atoms with Crippen LogP contribution in [0.15, 0.2) is 0 Å². The van der Waals surface area contributed by atoms with Gasteiger partial charge < -0.3 is 19.5 Å². The van der Waals surface area contributed by atoms with Gasteiger partial charge in [-0.05, 0) is 13.8 Å². The number of aliphatic carboxylic acids is 1. The highest BCUT2D eigenvalue weighted by Gasteiger charge is 2.31. The van der Waals surface area contributed by atoms with E-state index >= 15 is 0 Å². The molecule has 0 aromatic heterocycles. The number of nitrogens with zero attached hydrogens (tertiary/aromatic N) is 1. The fraction of sp³-hybridized carbons (Fsp3) is 0.833. The summed E-state index contributed by atoms with van der Waals surface area (Å²) in [5.74, 6) is -1.18. The SMILES string of the molecule is COCCN(CCOC)C(=O)CC(C)(C)C(=O)O. The lowest BCUT2D eigenvalue weighted by molar-refractivity contribution is -0.151. The molecule has 0 saturated heterocycles. The molecule has 0 heterocycles. The molecule has 0 aliphatic heterocycles. The van der Waals surface area contributed by atoms with Gasteiger partial charge in [-0.3, -0.25) is 9.59 Å². The number of amides is 1. The van der Waals surface area contributed by atoms with Gasteiger partial charge in [-0.2, -0.15) is 0 Å². The Bertz CT molecular complexity index is 270. The summed E-state index contributed by atoms with van der Waals surface area (Å²) in [6.45, 7) is 4.80. The molecule has 0 aliphatic carbocycles. The zero-order valence-electron chi connectivity index (χ0n) is 11.6. The second kappa shape index (κ2) is 8.05. The molecule has 0 aliphatic rings. The molecular weight excluding hydrogens is 238 g/mol. The zero-order valence-corrected chi connectivity index (χ0v) is 11.6. The monoisotopic (exact) mass is 261 g/mol. The van der Waals surface area contributed by atoms with E-state index < -0.39 is 11.4 Å². The van der Waals surface area contributed by atoms with Crippen molar-refractivity contribution in [2.24, 2.45) is 5.41 Å². The third kappa shape index (κ3) is 5.97. The Hall–Kier alpha value is -1.14. The number of carboxylic acids is 1. The minimum Gasteiger partial charge on any atom is -0.481 e. The first kappa shape index (κ1) is 16.9. The van der Waals surface area contributed by atoms with Crippen LogP contribution in [0.5, 0.6) is 0 Å². The van der Waals surface area contributed by atoms with Crippen LogP contribution in [0.1, 0.15) is 20.3 Å². The summed E-state index contributed by atoms with van der Waals surface area (Å²) in [5.41, 5.74) is -1.06. The Kier molecular flexibility index (Phi) is 7.54. The molecule has 0 rings (SSSR count). The van der Waals surface area contributed by atoms with Crippen LogP contribution < -0.4 is 0 Å². The van der Waals surface area contributed by atoms with Gasteiger partial charge in [-0.15, -0.1) is 0 Å². The minimum atomic E-state index is -1.06. The average Bonchev–Trinajstić information content (AvgIpc) is 2.28. The smallest absolute Gasteiger partial charge is 0.309 e. The van der Waals surface area contributed by atoms with Crippen LogP contribution in [0.2, 0.25) is 0 Å². The molecular formula is C12H23NO5. The molecule has 0 aromatic rings. The van der Waals surface area contributed by atoms with Crippen molar-refractivity contribution < 1.29 is 24.2 Å². The molecule has 0 radical (unpaired) electrons. The molecule has 106 valence electrons. The molecule has 0 saturated carbocycles. The van der Waals surface area contributed by atoms with E-state index in [9.17, 15) is 9.59 Å². The third-order valence-corrected chi connectivity index (χ3v) is 2.66. The molecule has 0 fully saturated rings. The maximum absolute atomic E-state index is 12.0. The lowest BCUT2D eigenvalue weighted by Gasteiger charge is -2.26. The van der Waals surface area contributed by atoms with E-state index in [1.807, 2.05) is 0 Å². The topological polar surface area (TPSA) is 76.1 Å². The number of methoxy groups -OCH3 is 2. The van der Waals surface area contributed by atoms with E-state index in [1.54, 1.807) is 19.1 Å². The first-order valence-corrected chi connectivity index (χ1v) is 5.84. The first-order valence-electron chi connectivity index (χ1n) is 5.84. The highest BCUT2D eigenvalue weighted by molar-refractivity contribution is 5.84. The molecule has 0 bridgehead atoms. The summed E-state index contributed by atoms with van der Waals surface area (Å²) in [6, 6.07) is 0. The van der Waals surface area contributed by atoms with Crippen molar-refractivity contribution in [3.63, 3.8) is 0 Å². The van der Waals surface area contributed by atoms with Gasteiger partial charge in [-0.25, -0.2) is 0 Å². The van der Waals surface area contributed by atoms with Crippen LogP contribution in [0, 0.1) is 5.41 Å². The summed E-state index contributed by atoms with van der Waals surface area (Å²) in [6.07, 6.45) is -0.0320. The summed E-state index contributed by atoms with van der Waals surface area (Å²) >= 11 is 0. The predicted octanol–water partition coefficient (Wildman–Crippen LogP) is 0.609. The summed E-state index contributed by atoms with van der Waals surface area (Å²) in [4.78, 5) is 24.6. The molecule has 1 N–H and O–H groups in total. The number of carboxylic acid groups (broad SMARTS) is 1. The van der Waals surface area contributed by atoms with Crippen molar-refractivity contribution in [1.82, 2.24) is 4.90 Å². The number of hydrogen-bond acceptors (Lipinski definition) is 4. The summed E-state index contributed by atoms with van der Waals surface area (Å²) in [7, 11) is 3.11. The summed E-state index contributed by atoms with van der Waals surface area (Å²) < 4.78 is 9.86. The second-order valence-corrected chi connectivity index (χ2v) is 4.73. The van der Waals surface area contributed by atoms with Crippen molar-refractivity contribution in [2.75, 3.05) is 40.5 Å². The maximum atomic E-state index is 12.0. The van der Waals surface area contributed by atoms with Gasteiger partial charge in [0.1, 0.15) is 0 Å². The van der Waals surface area contributed by atoms with Gasteiger partial charge in [0.25, 0.3) is 0 Å². The quantitative estimate of drug-likeness (QED) is 0.658. The van der Waals surface area contributed by atoms with E-state index in [0.717, 1.165) is 0 Å². The third-order valence-electron chi connectivity index (χ3n) is 2.66. The molecule has 0 unspecified atom stereocenters. The molecule has 0 atom stereocenters. The zero-order chi connectivity index (χ0) is 14.2. The van der Waals surface area contributed by atoms with Gasteiger partial charge in [0.15, 0.2) is 0 Å². The molecule has 0 spiro atoms. The van der Waals surface area contributed by atoms with Crippen LogP contribution >= 0.6 is 0 Å².